The molecule has 0 amide bonds. The summed E-state index contributed by atoms with van der Waals surface area (Å²) < 4.78 is 0. The second kappa shape index (κ2) is 6.57. The Morgan fingerprint density at radius 3 is 2.27 bits per heavy atom. The van der Waals surface area contributed by atoms with E-state index < -0.39 is 5.97 Å². The lowest BCUT2D eigenvalue weighted by Gasteiger charge is -2.41. The normalized spacial score (nSPS) is 16.9. The number of carboxylic acids is 1. The highest BCUT2D eigenvalue weighted by molar-refractivity contribution is 5.69. The summed E-state index contributed by atoms with van der Waals surface area (Å²) in [6, 6.07) is 6.47. The quantitative estimate of drug-likeness (QED) is 0.837. The van der Waals surface area contributed by atoms with Gasteiger partial charge in [0.15, 0.2) is 0 Å². The molecule has 1 heterocycles. The highest BCUT2D eigenvalue weighted by Gasteiger charge is 2.36. The Bertz CT molecular complexity index is 900. The van der Waals surface area contributed by atoms with Crippen molar-refractivity contribution in [2.24, 2.45) is 0 Å². The zero-order chi connectivity index (χ0) is 18.9. The second-order valence-electron chi connectivity index (χ2n) is 8.26. The van der Waals surface area contributed by atoms with Crippen molar-refractivity contribution in [3.63, 3.8) is 0 Å². The minimum Gasteiger partial charge on any atom is -0.481 e. The topological polar surface area (TPSA) is 63.1 Å². The van der Waals surface area contributed by atoms with E-state index in [1.165, 1.54) is 29.9 Å². The SMILES string of the molecule is CC1(C)CCC(C)(C)c2cc(C#Cc3ncc(CC(=O)O)cn3)ccc21. The van der Waals surface area contributed by atoms with E-state index in [2.05, 4.69) is 67.7 Å². The van der Waals surface area contributed by atoms with Gasteiger partial charge in [0.1, 0.15) is 0 Å². The van der Waals surface area contributed by atoms with Gasteiger partial charge in [0.05, 0.1) is 6.42 Å². The van der Waals surface area contributed by atoms with Crippen LogP contribution in [0.1, 0.15) is 68.6 Å². The molecule has 0 saturated heterocycles. The second-order valence-corrected chi connectivity index (χ2v) is 8.26. The molecule has 1 aromatic heterocycles. The third-order valence-corrected chi connectivity index (χ3v) is 5.23. The maximum absolute atomic E-state index is 10.7. The van der Waals surface area contributed by atoms with E-state index in [1.54, 1.807) is 0 Å². The fourth-order valence-corrected chi connectivity index (χ4v) is 3.48. The monoisotopic (exact) mass is 348 g/mol. The van der Waals surface area contributed by atoms with Gasteiger partial charge >= 0.3 is 5.97 Å². The van der Waals surface area contributed by atoms with Crippen molar-refractivity contribution in [2.45, 2.75) is 57.8 Å². The molecule has 2 aromatic rings. The lowest BCUT2D eigenvalue weighted by atomic mass is 9.63. The van der Waals surface area contributed by atoms with Crippen molar-refractivity contribution in [2.75, 3.05) is 0 Å². The van der Waals surface area contributed by atoms with Crippen LogP contribution in [0.5, 0.6) is 0 Å². The molecule has 1 aliphatic carbocycles. The van der Waals surface area contributed by atoms with Crippen LogP contribution in [0.2, 0.25) is 0 Å². The number of hydrogen-bond acceptors (Lipinski definition) is 3. The summed E-state index contributed by atoms with van der Waals surface area (Å²) in [7, 11) is 0. The van der Waals surface area contributed by atoms with Gasteiger partial charge in [-0.25, -0.2) is 9.97 Å². The summed E-state index contributed by atoms with van der Waals surface area (Å²) in [6.07, 6.45) is 5.31. The van der Waals surface area contributed by atoms with Gasteiger partial charge in [0.2, 0.25) is 5.82 Å². The first-order valence-corrected chi connectivity index (χ1v) is 8.87. The summed E-state index contributed by atoms with van der Waals surface area (Å²) in [5.74, 6) is 5.63. The molecule has 4 heteroatoms. The number of rotatable bonds is 2. The van der Waals surface area contributed by atoms with Gasteiger partial charge in [-0.05, 0) is 58.4 Å². The Morgan fingerprint density at radius 2 is 1.65 bits per heavy atom. The average molecular weight is 348 g/mol. The maximum atomic E-state index is 10.7. The molecular formula is C22H24N2O2. The van der Waals surface area contributed by atoms with Gasteiger partial charge in [-0.3, -0.25) is 4.79 Å². The molecule has 0 saturated carbocycles. The Labute approximate surface area is 154 Å². The zero-order valence-electron chi connectivity index (χ0n) is 15.8. The first-order chi connectivity index (χ1) is 12.2. The van der Waals surface area contributed by atoms with Gasteiger partial charge < -0.3 is 5.11 Å². The van der Waals surface area contributed by atoms with E-state index >= 15 is 0 Å². The molecule has 3 rings (SSSR count). The molecule has 1 aromatic carbocycles. The predicted molar refractivity (Wildman–Crippen MR) is 101 cm³/mol. The molecule has 0 spiro atoms. The van der Waals surface area contributed by atoms with Gasteiger partial charge in [-0.15, -0.1) is 0 Å². The number of nitrogens with zero attached hydrogens (tertiary/aromatic N) is 2. The maximum Gasteiger partial charge on any atom is 0.307 e. The Morgan fingerprint density at radius 1 is 1.04 bits per heavy atom. The van der Waals surface area contributed by atoms with Crippen molar-refractivity contribution in [1.82, 2.24) is 9.97 Å². The Kier molecular flexibility index (Phi) is 4.58. The summed E-state index contributed by atoms with van der Waals surface area (Å²) in [6.45, 7) is 9.20. The lowest BCUT2D eigenvalue weighted by Crippen LogP contribution is -2.33. The molecular weight excluding hydrogens is 324 g/mol. The van der Waals surface area contributed by atoms with Gasteiger partial charge in [0, 0.05) is 18.0 Å². The predicted octanol–water partition coefficient (Wildman–Crippen LogP) is 3.85. The van der Waals surface area contributed by atoms with Gasteiger partial charge in [-0.2, -0.15) is 0 Å². The van der Waals surface area contributed by atoms with Crippen LogP contribution in [0, 0.1) is 11.8 Å². The first-order valence-electron chi connectivity index (χ1n) is 8.87. The van der Waals surface area contributed by atoms with E-state index in [1.807, 2.05) is 0 Å². The minimum atomic E-state index is -0.896. The molecule has 134 valence electrons. The van der Waals surface area contributed by atoms with Crippen molar-refractivity contribution in [1.29, 1.82) is 0 Å². The van der Waals surface area contributed by atoms with E-state index in [-0.39, 0.29) is 17.3 Å². The summed E-state index contributed by atoms with van der Waals surface area (Å²) in [4.78, 5) is 19.0. The fraction of sp³-hybridized carbons (Fsp3) is 0.409. The largest absolute Gasteiger partial charge is 0.481 e. The van der Waals surface area contributed by atoms with Crippen molar-refractivity contribution in [3.05, 3.63) is 58.7 Å². The number of aromatic nitrogens is 2. The van der Waals surface area contributed by atoms with Crippen LogP contribution in [0.3, 0.4) is 0 Å². The van der Waals surface area contributed by atoms with Crippen molar-refractivity contribution >= 4 is 5.97 Å². The number of hydrogen-bond donors (Lipinski definition) is 1. The van der Waals surface area contributed by atoms with E-state index in [0.29, 0.717) is 11.4 Å². The summed E-state index contributed by atoms with van der Waals surface area (Å²) in [5.41, 5.74) is 4.65. The number of benzene rings is 1. The van der Waals surface area contributed by atoms with Crippen LogP contribution in [-0.2, 0) is 22.0 Å². The third-order valence-electron chi connectivity index (χ3n) is 5.23. The number of fused-ring (bicyclic) bond motifs is 1. The van der Waals surface area contributed by atoms with E-state index in [0.717, 1.165) is 12.0 Å². The first kappa shape index (κ1) is 18.1. The number of aliphatic carboxylic acids is 1. The average Bonchev–Trinajstić information content (AvgIpc) is 2.58. The van der Waals surface area contributed by atoms with Gasteiger partial charge in [0.25, 0.3) is 0 Å². The Hall–Kier alpha value is -2.67. The molecule has 4 nitrogen and oxygen atoms in total. The molecule has 0 atom stereocenters. The smallest absolute Gasteiger partial charge is 0.307 e. The molecule has 26 heavy (non-hydrogen) atoms. The van der Waals surface area contributed by atoms with Crippen molar-refractivity contribution < 1.29 is 9.90 Å². The molecule has 0 radical (unpaired) electrons. The standard InChI is InChI=1S/C22H24N2O2/c1-21(2)9-10-22(3,4)18-11-15(5-7-17(18)21)6-8-19-23-13-16(14-24-19)12-20(25)26/h5,7,11,13-14H,9-10,12H2,1-4H3,(H,25,26). The van der Waals surface area contributed by atoms with Crippen LogP contribution in [0.15, 0.2) is 30.6 Å². The minimum absolute atomic E-state index is 0.0800. The molecule has 0 bridgehead atoms. The number of carbonyl (C=O) groups is 1. The van der Waals surface area contributed by atoms with Gasteiger partial charge in [-0.1, -0.05) is 39.7 Å². The van der Waals surface area contributed by atoms with Crippen molar-refractivity contribution in [3.8, 4) is 11.8 Å². The van der Waals surface area contributed by atoms with Crippen LogP contribution in [0.4, 0.5) is 0 Å². The summed E-state index contributed by atoms with van der Waals surface area (Å²) in [5, 5.41) is 8.78. The zero-order valence-corrected chi connectivity index (χ0v) is 15.8. The molecule has 1 aliphatic rings. The van der Waals surface area contributed by atoms with Crippen LogP contribution < -0.4 is 0 Å². The molecule has 0 fully saturated rings. The highest BCUT2D eigenvalue weighted by atomic mass is 16.4. The van der Waals surface area contributed by atoms with Crippen LogP contribution >= 0.6 is 0 Å². The van der Waals surface area contributed by atoms with E-state index in [4.69, 9.17) is 5.11 Å². The number of carboxylic acid groups (broad SMARTS) is 1. The fourth-order valence-electron chi connectivity index (χ4n) is 3.48. The molecule has 0 aliphatic heterocycles. The molecule has 1 N–H and O–H groups in total. The highest BCUT2D eigenvalue weighted by Crippen LogP contribution is 2.45. The summed E-state index contributed by atoms with van der Waals surface area (Å²) >= 11 is 0. The van der Waals surface area contributed by atoms with E-state index in [9.17, 15) is 4.79 Å². The molecule has 0 unspecified atom stereocenters. The Balaban J connectivity index is 1.88. The lowest BCUT2D eigenvalue weighted by molar-refractivity contribution is -0.136. The third kappa shape index (κ3) is 3.77. The van der Waals surface area contributed by atoms with Crippen LogP contribution in [-0.4, -0.2) is 21.0 Å². The van der Waals surface area contributed by atoms with Crippen LogP contribution in [0.25, 0.3) is 0 Å².